The number of carbonyl (C=O) groups is 3. The minimum Gasteiger partial charge on any atom is -0.462 e. The van der Waals surface area contributed by atoms with E-state index in [0.29, 0.717) is 18.4 Å². The smallest absolute Gasteiger partial charge is 0.310 e. The van der Waals surface area contributed by atoms with Crippen LogP contribution in [0, 0.1) is 29.6 Å². The lowest BCUT2D eigenvalue weighted by Gasteiger charge is -2.39. The Hall–Kier alpha value is -1.75. The normalized spacial score (nSPS) is 46.8. The highest BCUT2D eigenvalue weighted by atomic mass is 16.6. The van der Waals surface area contributed by atoms with Crippen LogP contribution in [0.1, 0.15) is 33.1 Å². The van der Waals surface area contributed by atoms with E-state index in [1.165, 1.54) is 6.08 Å². The first-order valence-electron chi connectivity index (χ1n) is 8.57. The fourth-order valence-corrected chi connectivity index (χ4v) is 5.38. The number of carbonyl (C=O) groups excluding carboxylic acids is 3. The maximum absolute atomic E-state index is 13.1. The third kappa shape index (κ3) is 2.00. The zero-order valence-electron chi connectivity index (χ0n) is 14.0. The molecule has 1 N–H and O–H groups in total. The highest BCUT2D eigenvalue weighted by Gasteiger charge is 2.67. The lowest BCUT2D eigenvalue weighted by atomic mass is 9.61. The first-order chi connectivity index (χ1) is 11.2. The van der Waals surface area contributed by atoms with Crippen molar-refractivity contribution in [1.82, 2.24) is 0 Å². The van der Waals surface area contributed by atoms with E-state index in [4.69, 9.17) is 4.74 Å². The minimum absolute atomic E-state index is 0.0330. The van der Waals surface area contributed by atoms with Crippen LogP contribution in [0.5, 0.6) is 0 Å². The highest BCUT2D eigenvalue weighted by molar-refractivity contribution is 6.07. The summed E-state index contributed by atoms with van der Waals surface area (Å²) in [7, 11) is 0. The lowest BCUT2D eigenvalue weighted by Crippen LogP contribution is -2.48. The van der Waals surface area contributed by atoms with Crippen molar-refractivity contribution in [3.05, 3.63) is 23.8 Å². The van der Waals surface area contributed by atoms with Crippen LogP contribution in [0.2, 0.25) is 0 Å². The van der Waals surface area contributed by atoms with E-state index in [9.17, 15) is 19.5 Å². The molecule has 4 rings (SSSR count). The van der Waals surface area contributed by atoms with E-state index >= 15 is 0 Å². The molecule has 0 aromatic carbocycles. The predicted octanol–water partition coefficient (Wildman–Crippen LogP) is 1.60. The molecule has 0 amide bonds. The van der Waals surface area contributed by atoms with Gasteiger partial charge in [-0.2, -0.15) is 0 Å². The van der Waals surface area contributed by atoms with Crippen LogP contribution in [-0.4, -0.2) is 34.3 Å². The molecule has 24 heavy (non-hydrogen) atoms. The first kappa shape index (κ1) is 15.8. The van der Waals surface area contributed by atoms with Gasteiger partial charge in [0, 0.05) is 30.3 Å². The van der Waals surface area contributed by atoms with Crippen LogP contribution in [0.4, 0.5) is 0 Å². The minimum atomic E-state index is -1.19. The quantitative estimate of drug-likeness (QED) is 0.583. The lowest BCUT2D eigenvalue weighted by molar-refractivity contribution is -0.149. The van der Waals surface area contributed by atoms with E-state index < -0.39 is 23.5 Å². The summed E-state index contributed by atoms with van der Waals surface area (Å²) in [6, 6.07) is 0. The zero-order valence-corrected chi connectivity index (χ0v) is 14.0. The van der Waals surface area contributed by atoms with Gasteiger partial charge in [-0.25, -0.2) is 0 Å². The summed E-state index contributed by atoms with van der Waals surface area (Å²) in [6.07, 6.45) is 2.20. The summed E-state index contributed by atoms with van der Waals surface area (Å²) in [5.41, 5.74) is 0.115. The van der Waals surface area contributed by atoms with Crippen molar-refractivity contribution in [3.63, 3.8) is 0 Å². The van der Waals surface area contributed by atoms with Gasteiger partial charge in [0.05, 0.1) is 17.4 Å². The van der Waals surface area contributed by atoms with Crippen LogP contribution < -0.4 is 0 Å². The van der Waals surface area contributed by atoms with Crippen molar-refractivity contribution in [2.75, 3.05) is 0 Å². The van der Waals surface area contributed by atoms with Gasteiger partial charge in [0.1, 0.15) is 6.10 Å². The number of allylic oxidation sites excluding steroid dienone is 3. The Labute approximate surface area is 140 Å². The Morgan fingerprint density at radius 3 is 2.75 bits per heavy atom. The number of hydrogen-bond acceptors (Lipinski definition) is 5. The van der Waals surface area contributed by atoms with Gasteiger partial charge in [0.2, 0.25) is 0 Å². The number of aliphatic hydroxyl groups is 1. The standard InChI is InChI=1S/C19H22O5/c1-8(2)9-4-10(20)6-12-11(5-9)14-15-13(24-18(14)22)7-19(3,23)16(15)17(12)21/h6,9,11,13-16,23H,1,4-5,7H2,2-3H3/t9-,11+,13-,14+,15+,16+,19+/m1/s1. The molecule has 2 saturated carbocycles. The summed E-state index contributed by atoms with van der Waals surface area (Å²) in [5.74, 6) is -2.28. The Morgan fingerprint density at radius 1 is 1.38 bits per heavy atom. The second-order valence-corrected chi connectivity index (χ2v) is 8.14. The summed E-state index contributed by atoms with van der Waals surface area (Å²) in [6.45, 7) is 7.48. The number of Topliss-reactive ketones (excluding diaryl/α,β-unsaturated/α-hetero) is 1. The number of ketones is 2. The fraction of sp³-hybridized carbons (Fsp3) is 0.632. The molecule has 3 aliphatic carbocycles. The van der Waals surface area contributed by atoms with E-state index in [1.54, 1.807) is 6.92 Å². The number of esters is 1. The van der Waals surface area contributed by atoms with Crippen molar-refractivity contribution in [2.45, 2.75) is 44.8 Å². The van der Waals surface area contributed by atoms with Crippen molar-refractivity contribution in [3.8, 4) is 0 Å². The molecule has 1 heterocycles. The van der Waals surface area contributed by atoms with Crippen LogP contribution in [-0.2, 0) is 19.1 Å². The molecule has 0 bridgehead atoms. The number of ether oxygens (including phenoxy) is 1. The molecule has 0 spiro atoms. The SMILES string of the molecule is C=C(C)[C@@H]1CC(=O)C=C2C(=O)[C@@H]3[C@@H]4[C@@H](C(=O)O[C@@H]4C[C@]3(C)O)[C@H]2C1. The van der Waals surface area contributed by atoms with Gasteiger partial charge in [-0.3, -0.25) is 14.4 Å². The molecule has 1 aliphatic heterocycles. The zero-order chi connectivity index (χ0) is 17.4. The van der Waals surface area contributed by atoms with Gasteiger partial charge in [0.15, 0.2) is 11.6 Å². The predicted molar refractivity (Wildman–Crippen MR) is 84.7 cm³/mol. The van der Waals surface area contributed by atoms with Crippen LogP contribution in [0.25, 0.3) is 0 Å². The number of rotatable bonds is 1. The van der Waals surface area contributed by atoms with Gasteiger partial charge < -0.3 is 9.84 Å². The maximum atomic E-state index is 13.1. The average molecular weight is 330 g/mol. The van der Waals surface area contributed by atoms with Gasteiger partial charge in [-0.15, -0.1) is 0 Å². The molecular formula is C19H22O5. The summed E-state index contributed by atoms with van der Waals surface area (Å²) < 4.78 is 5.51. The second kappa shape index (κ2) is 4.88. The van der Waals surface area contributed by atoms with Crippen molar-refractivity contribution >= 4 is 17.5 Å². The molecule has 4 aliphatic rings. The molecule has 0 radical (unpaired) electrons. The van der Waals surface area contributed by atoms with Crippen LogP contribution in [0.3, 0.4) is 0 Å². The summed E-state index contributed by atoms with van der Waals surface area (Å²) in [5, 5.41) is 10.7. The third-order valence-electron chi connectivity index (χ3n) is 6.45. The molecule has 128 valence electrons. The van der Waals surface area contributed by atoms with Crippen molar-refractivity contribution in [1.29, 1.82) is 0 Å². The molecule has 5 heteroatoms. The van der Waals surface area contributed by atoms with E-state index in [1.807, 2.05) is 6.92 Å². The van der Waals surface area contributed by atoms with E-state index in [0.717, 1.165) is 5.57 Å². The fourth-order valence-electron chi connectivity index (χ4n) is 5.38. The van der Waals surface area contributed by atoms with Gasteiger partial charge in [0.25, 0.3) is 0 Å². The summed E-state index contributed by atoms with van der Waals surface area (Å²) in [4.78, 5) is 37.9. The van der Waals surface area contributed by atoms with E-state index in [2.05, 4.69) is 6.58 Å². The van der Waals surface area contributed by atoms with Crippen molar-refractivity contribution in [2.24, 2.45) is 29.6 Å². The third-order valence-corrected chi connectivity index (χ3v) is 6.45. The molecule has 0 unspecified atom stereocenters. The van der Waals surface area contributed by atoms with Gasteiger partial charge in [-0.1, -0.05) is 12.2 Å². The first-order valence-corrected chi connectivity index (χ1v) is 8.57. The molecule has 7 atom stereocenters. The molecule has 0 aromatic rings. The highest BCUT2D eigenvalue weighted by Crippen LogP contribution is 2.58. The van der Waals surface area contributed by atoms with Crippen LogP contribution >= 0.6 is 0 Å². The van der Waals surface area contributed by atoms with Crippen LogP contribution in [0.15, 0.2) is 23.8 Å². The topological polar surface area (TPSA) is 80.7 Å². The Bertz CT molecular complexity index is 701. The molecule has 5 nitrogen and oxygen atoms in total. The van der Waals surface area contributed by atoms with E-state index in [-0.39, 0.29) is 41.7 Å². The number of fused-ring (bicyclic) bond motifs is 2. The molecular weight excluding hydrogens is 308 g/mol. The monoisotopic (exact) mass is 330 g/mol. The van der Waals surface area contributed by atoms with Gasteiger partial charge >= 0.3 is 5.97 Å². The Balaban J connectivity index is 1.83. The average Bonchev–Trinajstić information content (AvgIpc) is 2.81. The Kier molecular flexibility index (Phi) is 3.21. The van der Waals surface area contributed by atoms with Gasteiger partial charge in [-0.05, 0) is 32.3 Å². The molecule has 1 saturated heterocycles. The molecule has 3 fully saturated rings. The summed E-state index contributed by atoms with van der Waals surface area (Å²) >= 11 is 0. The largest absolute Gasteiger partial charge is 0.462 e. The number of hydrogen-bond donors (Lipinski definition) is 1. The van der Waals surface area contributed by atoms with Crippen molar-refractivity contribution < 1.29 is 24.2 Å². The molecule has 0 aromatic heterocycles. The Morgan fingerprint density at radius 2 is 2.08 bits per heavy atom. The second-order valence-electron chi connectivity index (χ2n) is 8.14. The maximum Gasteiger partial charge on any atom is 0.310 e.